The average molecular weight is 359 g/mol. The molecule has 4 heterocycles. The summed E-state index contributed by atoms with van der Waals surface area (Å²) < 4.78 is 2.15. The molecule has 25 heavy (non-hydrogen) atoms. The van der Waals surface area contributed by atoms with Crippen LogP contribution in [0, 0.1) is 0 Å². The van der Waals surface area contributed by atoms with E-state index in [9.17, 15) is 0 Å². The summed E-state index contributed by atoms with van der Waals surface area (Å²) in [4.78, 5) is 6.68. The van der Waals surface area contributed by atoms with E-state index in [4.69, 9.17) is 0 Å². The van der Waals surface area contributed by atoms with Crippen LogP contribution in [0.25, 0.3) is 0 Å². The second-order valence-corrected chi connectivity index (χ2v) is 8.64. The summed E-state index contributed by atoms with van der Waals surface area (Å²) in [7, 11) is 0. The Bertz CT molecular complexity index is 692. The number of tetrazole rings is 1. The highest BCUT2D eigenvalue weighted by Gasteiger charge is 2.37. The van der Waals surface area contributed by atoms with E-state index in [-0.39, 0.29) is 6.04 Å². The molecule has 2 unspecified atom stereocenters. The van der Waals surface area contributed by atoms with Crippen molar-refractivity contribution in [1.29, 1.82) is 0 Å². The van der Waals surface area contributed by atoms with E-state index in [1.807, 2.05) is 11.3 Å². The van der Waals surface area contributed by atoms with E-state index in [1.54, 1.807) is 0 Å². The van der Waals surface area contributed by atoms with Gasteiger partial charge >= 0.3 is 0 Å². The number of rotatable bonds is 4. The molecule has 0 aromatic carbocycles. The number of aromatic nitrogens is 4. The summed E-state index contributed by atoms with van der Waals surface area (Å²) in [5.41, 5.74) is 0. The summed E-state index contributed by atoms with van der Waals surface area (Å²) in [6.45, 7) is 4.70. The van der Waals surface area contributed by atoms with Crippen LogP contribution in [0.5, 0.6) is 0 Å². The van der Waals surface area contributed by atoms with Gasteiger partial charge in [0.1, 0.15) is 6.04 Å². The molecule has 5 rings (SSSR count). The quantitative estimate of drug-likeness (QED) is 0.841. The molecular formula is C18H26N6S. The van der Waals surface area contributed by atoms with E-state index < -0.39 is 0 Å². The van der Waals surface area contributed by atoms with Crippen LogP contribution in [0.1, 0.15) is 61.3 Å². The Hall–Kier alpha value is -1.31. The molecule has 2 atom stereocenters. The maximum Gasteiger partial charge on any atom is 0.174 e. The molecule has 6 nitrogen and oxygen atoms in total. The minimum atomic E-state index is 0.207. The van der Waals surface area contributed by atoms with Crippen molar-refractivity contribution in [3.63, 3.8) is 0 Å². The van der Waals surface area contributed by atoms with Crippen molar-refractivity contribution in [3.05, 3.63) is 28.2 Å². The first-order valence-electron chi connectivity index (χ1n) is 9.69. The van der Waals surface area contributed by atoms with E-state index in [0.29, 0.717) is 12.1 Å². The number of thiophene rings is 1. The third kappa shape index (κ3) is 2.92. The number of nitrogens with zero attached hydrogens (tertiary/aromatic N) is 6. The molecule has 0 radical (unpaired) electrons. The minimum absolute atomic E-state index is 0.207. The van der Waals surface area contributed by atoms with Gasteiger partial charge in [-0.2, -0.15) is 0 Å². The van der Waals surface area contributed by atoms with Crippen molar-refractivity contribution in [1.82, 2.24) is 30.0 Å². The zero-order chi connectivity index (χ0) is 16.6. The fraction of sp³-hybridized carbons (Fsp3) is 0.722. The first-order valence-corrected chi connectivity index (χ1v) is 10.6. The summed E-state index contributed by atoms with van der Waals surface area (Å²) in [5, 5.41) is 15.2. The Morgan fingerprint density at radius 1 is 1.04 bits per heavy atom. The van der Waals surface area contributed by atoms with Gasteiger partial charge in [0.15, 0.2) is 5.82 Å². The highest BCUT2D eigenvalue weighted by Crippen LogP contribution is 2.37. The van der Waals surface area contributed by atoms with Gasteiger partial charge in [0.2, 0.25) is 0 Å². The summed E-state index contributed by atoms with van der Waals surface area (Å²) in [5.74, 6) is 1.06. The standard InChI is InChI=1S/C18H26N6S/c1-2-6-14(5-1)24-18(19-20-21-24)17(16-8-4-12-25-16)23-11-10-22-9-3-7-15(22)13-23/h4,8,12,14-15,17H,1-3,5-7,9-11,13H2. The van der Waals surface area contributed by atoms with E-state index in [1.165, 1.54) is 56.5 Å². The highest BCUT2D eigenvalue weighted by atomic mass is 32.1. The number of fused-ring (bicyclic) bond motifs is 1. The Kier molecular flexibility index (Phi) is 4.31. The zero-order valence-electron chi connectivity index (χ0n) is 14.6. The maximum absolute atomic E-state index is 4.53. The van der Waals surface area contributed by atoms with Crippen LogP contribution in [0.2, 0.25) is 0 Å². The Balaban J connectivity index is 1.48. The Morgan fingerprint density at radius 2 is 1.92 bits per heavy atom. The smallest absolute Gasteiger partial charge is 0.174 e. The van der Waals surface area contributed by atoms with Crippen LogP contribution in [-0.2, 0) is 0 Å². The van der Waals surface area contributed by atoms with E-state index >= 15 is 0 Å². The van der Waals surface area contributed by atoms with Gasteiger partial charge in [-0.1, -0.05) is 18.9 Å². The van der Waals surface area contributed by atoms with Crippen LogP contribution in [0.15, 0.2) is 17.5 Å². The summed E-state index contributed by atoms with van der Waals surface area (Å²) >= 11 is 1.84. The highest BCUT2D eigenvalue weighted by molar-refractivity contribution is 7.10. The molecule has 0 spiro atoms. The molecule has 134 valence electrons. The topological polar surface area (TPSA) is 50.1 Å². The SMILES string of the molecule is c1csc(C(c2nnnn2C2CCCC2)N2CCN3CCCC3C2)c1. The fourth-order valence-electron chi connectivity index (χ4n) is 4.96. The first-order chi connectivity index (χ1) is 12.4. The molecule has 2 aliphatic heterocycles. The van der Waals surface area contributed by atoms with E-state index in [2.05, 4.69) is 47.5 Å². The van der Waals surface area contributed by atoms with Crippen molar-refractivity contribution < 1.29 is 0 Å². The van der Waals surface area contributed by atoms with Crippen molar-refractivity contribution in [3.8, 4) is 0 Å². The van der Waals surface area contributed by atoms with Crippen molar-refractivity contribution in [2.45, 2.75) is 56.7 Å². The Morgan fingerprint density at radius 3 is 2.76 bits per heavy atom. The lowest BCUT2D eigenvalue weighted by atomic mass is 10.1. The second kappa shape index (κ2) is 6.78. The van der Waals surface area contributed by atoms with Crippen LogP contribution in [0.3, 0.4) is 0 Å². The van der Waals surface area contributed by atoms with Gasteiger partial charge in [-0.15, -0.1) is 16.4 Å². The largest absolute Gasteiger partial charge is 0.298 e. The lowest BCUT2D eigenvalue weighted by molar-refractivity contribution is 0.0797. The van der Waals surface area contributed by atoms with Gasteiger partial charge in [-0.3, -0.25) is 9.80 Å². The molecule has 7 heteroatoms. The lowest BCUT2D eigenvalue weighted by Crippen LogP contribution is -2.51. The molecule has 0 N–H and O–H groups in total. The zero-order valence-corrected chi connectivity index (χ0v) is 15.4. The summed E-state index contributed by atoms with van der Waals surface area (Å²) in [6.07, 6.45) is 7.71. The first kappa shape index (κ1) is 15.9. The van der Waals surface area contributed by atoms with Gasteiger partial charge < -0.3 is 0 Å². The number of piperazine rings is 1. The Labute approximate surface area is 152 Å². The molecule has 0 amide bonds. The van der Waals surface area contributed by atoms with Crippen molar-refractivity contribution in [2.24, 2.45) is 0 Å². The van der Waals surface area contributed by atoms with Crippen LogP contribution < -0.4 is 0 Å². The lowest BCUT2D eigenvalue weighted by Gasteiger charge is -2.41. The van der Waals surface area contributed by atoms with Gasteiger partial charge in [0.05, 0.1) is 6.04 Å². The van der Waals surface area contributed by atoms with Crippen molar-refractivity contribution in [2.75, 3.05) is 26.2 Å². The maximum atomic E-state index is 4.53. The molecule has 2 aromatic heterocycles. The molecule has 1 aliphatic carbocycles. The predicted molar refractivity (Wildman–Crippen MR) is 97.7 cm³/mol. The average Bonchev–Trinajstić information content (AvgIpc) is 3.41. The monoisotopic (exact) mass is 358 g/mol. The van der Waals surface area contributed by atoms with Gasteiger partial charge in [-0.05, 0) is 54.1 Å². The third-order valence-electron chi connectivity index (χ3n) is 6.23. The third-order valence-corrected chi connectivity index (χ3v) is 7.15. The van der Waals surface area contributed by atoms with Gasteiger partial charge in [0, 0.05) is 30.6 Å². The predicted octanol–water partition coefficient (Wildman–Crippen LogP) is 2.72. The molecule has 3 fully saturated rings. The fourth-order valence-corrected chi connectivity index (χ4v) is 5.81. The molecule has 0 bridgehead atoms. The van der Waals surface area contributed by atoms with Gasteiger partial charge in [-0.25, -0.2) is 4.68 Å². The van der Waals surface area contributed by atoms with Gasteiger partial charge in [0.25, 0.3) is 0 Å². The summed E-state index contributed by atoms with van der Waals surface area (Å²) in [6, 6.07) is 5.82. The molecular weight excluding hydrogens is 332 g/mol. The van der Waals surface area contributed by atoms with Crippen LogP contribution in [-0.4, -0.2) is 62.2 Å². The molecule has 3 aliphatic rings. The minimum Gasteiger partial charge on any atom is -0.298 e. The van der Waals surface area contributed by atoms with Crippen LogP contribution >= 0.6 is 11.3 Å². The van der Waals surface area contributed by atoms with Crippen LogP contribution in [0.4, 0.5) is 0 Å². The molecule has 2 aromatic rings. The molecule has 2 saturated heterocycles. The second-order valence-electron chi connectivity index (χ2n) is 7.66. The van der Waals surface area contributed by atoms with Crippen molar-refractivity contribution >= 4 is 11.3 Å². The number of hydrogen-bond acceptors (Lipinski definition) is 6. The number of hydrogen-bond donors (Lipinski definition) is 0. The molecule has 1 saturated carbocycles. The normalized spacial score (nSPS) is 27.0. The van der Waals surface area contributed by atoms with E-state index in [0.717, 1.165) is 18.9 Å².